The Balaban J connectivity index is 1.75. The molecule has 5 heteroatoms. The van der Waals surface area contributed by atoms with Gasteiger partial charge in [-0.15, -0.1) is 5.10 Å². The van der Waals surface area contributed by atoms with Crippen LogP contribution in [0.5, 0.6) is 0 Å². The van der Waals surface area contributed by atoms with Gasteiger partial charge in [-0.05, 0) is 30.4 Å². The summed E-state index contributed by atoms with van der Waals surface area (Å²) in [6, 6.07) is 8.77. The van der Waals surface area contributed by atoms with Gasteiger partial charge in [0.25, 0.3) is 0 Å². The van der Waals surface area contributed by atoms with Gasteiger partial charge in [-0.1, -0.05) is 44.9 Å². The molecule has 1 aromatic carbocycles. The Bertz CT molecular complexity index is 620. The molecule has 116 valence electrons. The Morgan fingerprint density at radius 2 is 1.91 bits per heavy atom. The lowest BCUT2D eigenvalue weighted by Gasteiger charge is -2.15. The highest BCUT2D eigenvalue weighted by molar-refractivity contribution is 5.59. The fourth-order valence-corrected chi connectivity index (χ4v) is 2.94. The molecular weight excluding hydrogens is 274 g/mol. The number of hydrogen-bond donors (Lipinski definition) is 2. The van der Waals surface area contributed by atoms with Crippen LogP contribution in [-0.2, 0) is 0 Å². The molecule has 1 aliphatic rings. The SMILES string of the molecule is CC(C)c1ccccc1Nc1nncc(NC2CCCC2)n1. The highest BCUT2D eigenvalue weighted by Crippen LogP contribution is 2.26. The van der Waals surface area contributed by atoms with E-state index in [1.54, 1.807) is 6.20 Å². The predicted molar refractivity (Wildman–Crippen MR) is 89.5 cm³/mol. The van der Waals surface area contributed by atoms with Crippen molar-refractivity contribution in [2.24, 2.45) is 0 Å². The number of hydrogen-bond acceptors (Lipinski definition) is 5. The third kappa shape index (κ3) is 3.53. The Morgan fingerprint density at radius 1 is 1.14 bits per heavy atom. The highest BCUT2D eigenvalue weighted by Gasteiger charge is 2.15. The average Bonchev–Trinajstić information content (AvgIpc) is 3.01. The van der Waals surface area contributed by atoms with E-state index < -0.39 is 0 Å². The molecule has 0 saturated heterocycles. The molecule has 22 heavy (non-hydrogen) atoms. The molecule has 5 nitrogen and oxygen atoms in total. The minimum atomic E-state index is 0.441. The van der Waals surface area contributed by atoms with Crippen LogP contribution in [-0.4, -0.2) is 21.2 Å². The standard InChI is InChI=1S/C17H23N5/c1-12(2)14-9-5-6-10-15(14)20-17-21-16(11-18-22-17)19-13-7-3-4-8-13/h5-6,9-13H,3-4,7-8H2,1-2H3,(H2,19,20,21,22). The van der Waals surface area contributed by atoms with Crippen molar-refractivity contribution in [1.82, 2.24) is 15.2 Å². The number of anilines is 3. The fraction of sp³-hybridized carbons (Fsp3) is 0.471. The third-order valence-electron chi connectivity index (χ3n) is 4.10. The van der Waals surface area contributed by atoms with Gasteiger partial charge in [0.2, 0.25) is 5.95 Å². The molecule has 0 spiro atoms. The maximum absolute atomic E-state index is 4.54. The number of rotatable bonds is 5. The molecule has 2 N–H and O–H groups in total. The molecule has 1 heterocycles. The van der Waals surface area contributed by atoms with Crippen molar-refractivity contribution in [1.29, 1.82) is 0 Å². The van der Waals surface area contributed by atoms with Crippen LogP contribution in [0.2, 0.25) is 0 Å². The summed E-state index contributed by atoms with van der Waals surface area (Å²) in [7, 11) is 0. The second-order valence-corrected chi connectivity index (χ2v) is 6.16. The van der Waals surface area contributed by atoms with Crippen LogP contribution in [0, 0.1) is 0 Å². The largest absolute Gasteiger partial charge is 0.366 e. The van der Waals surface area contributed by atoms with Gasteiger partial charge in [0, 0.05) is 11.7 Å². The number of nitrogens with one attached hydrogen (secondary N) is 2. The first-order valence-electron chi connectivity index (χ1n) is 8.04. The summed E-state index contributed by atoms with van der Waals surface area (Å²) in [5.41, 5.74) is 2.29. The zero-order chi connectivity index (χ0) is 15.4. The second-order valence-electron chi connectivity index (χ2n) is 6.16. The number of para-hydroxylation sites is 1. The number of aromatic nitrogens is 3. The van der Waals surface area contributed by atoms with Gasteiger partial charge in [0.15, 0.2) is 5.82 Å². The van der Waals surface area contributed by atoms with E-state index in [0.717, 1.165) is 11.5 Å². The Labute approximate surface area is 131 Å². The van der Waals surface area contributed by atoms with E-state index in [1.165, 1.54) is 31.2 Å². The first-order chi connectivity index (χ1) is 10.7. The summed E-state index contributed by atoms with van der Waals surface area (Å²) in [5, 5.41) is 14.9. The smallest absolute Gasteiger partial charge is 0.249 e. The van der Waals surface area contributed by atoms with Crippen molar-refractivity contribution in [3.05, 3.63) is 36.0 Å². The van der Waals surface area contributed by atoms with Gasteiger partial charge in [-0.2, -0.15) is 10.1 Å². The number of benzene rings is 1. The van der Waals surface area contributed by atoms with Crippen LogP contribution in [0.3, 0.4) is 0 Å². The van der Waals surface area contributed by atoms with Crippen molar-refractivity contribution >= 4 is 17.5 Å². The molecule has 0 unspecified atom stereocenters. The van der Waals surface area contributed by atoms with Crippen LogP contribution >= 0.6 is 0 Å². The summed E-state index contributed by atoms with van der Waals surface area (Å²) < 4.78 is 0. The van der Waals surface area contributed by atoms with Crippen LogP contribution < -0.4 is 10.6 Å². The van der Waals surface area contributed by atoms with Gasteiger partial charge in [0.1, 0.15) is 0 Å². The van der Waals surface area contributed by atoms with Crippen molar-refractivity contribution in [2.45, 2.75) is 51.5 Å². The highest BCUT2D eigenvalue weighted by atomic mass is 15.3. The van der Waals surface area contributed by atoms with Gasteiger partial charge in [-0.3, -0.25) is 0 Å². The van der Waals surface area contributed by atoms with Crippen molar-refractivity contribution in [3.8, 4) is 0 Å². The van der Waals surface area contributed by atoms with E-state index in [9.17, 15) is 0 Å². The molecule has 0 aliphatic heterocycles. The minimum Gasteiger partial charge on any atom is -0.366 e. The van der Waals surface area contributed by atoms with E-state index in [2.05, 4.69) is 57.9 Å². The second kappa shape index (κ2) is 6.73. The van der Waals surface area contributed by atoms with Gasteiger partial charge in [0.05, 0.1) is 6.20 Å². The Kier molecular flexibility index (Phi) is 4.51. The Morgan fingerprint density at radius 3 is 2.68 bits per heavy atom. The summed E-state index contributed by atoms with van der Waals surface area (Å²) >= 11 is 0. The summed E-state index contributed by atoms with van der Waals surface area (Å²) in [6.45, 7) is 4.36. The molecule has 0 radical (unpaired) electrons. The normalized spacial score (nSPS) is 15.2. The van der Waals surface area contributed by atoms with Crippen LogP contribution in [0.1, 0.15) is 51.0 Å². The average molecular weight is 297 g/mol. The van der Waals surface area contributed by atoms with Crippen molar-refractivity contribution in [3.63, 3.8) is 0 Å². The molecule has 0 amide bonds. The van der Waals surface area contributed by atoms with Gasteiger partial charge < -0.3 is 10.6 Å². The maximum atomic E-state index is 4.54. The van der Waals surface area contributed by atoms with E-state index in [-0.39, 0.29) is 0 Å². The molecule has 1 fully saturated rings. The predicted octanol–water partition coefficient (Wildman–Crippen LogP) is 4.09. The number of nitrogens with zero attached hydrogens (tertiary/aromatic N) is 3. The van der Waals surface area contributed by atoms with Crippen molar-refractivity contribution in [2.75, 3.05) is 10.6 Å². The zero-order valence-electron chi connectivity index (χ0n) is 13.2. The van der Waals surface area contributed by atoms with Gasteiger partial charge in [-0.25, -0.2) is 0 Å². The molecule has 0 bridgehead atoms. The fourth-order valence-electron chi connectivity index (χ4n) is 2.94. The third-order valence-corrected chi connectivity index (χ3v) is 4.10. The van der Waals surface area contributed by atoms with E-state index >= 15 is 0 Å². The van der Waals surface area contributed by atoms with Crippen LogP contribution in [0.25, 0.3) is 0 Å². The monoisotopic (exact) mass is 297 g/mol. The quantitative estimate of drug-likeness (QED) is 0.870. The van der Waals surface area contributed by atoms with Gasteiger partial charge >= 0.3 is 0 Å². The molecular formula is C17H23N5. The molecule has 1 aromatic heterocycles. The first-order valence-corrected chi connectivity index (χ1v) is 8.04. The molecule has 1 aliphatic carbocycles. The zero-order valence-corrected chi connectivity index (χ0v) is 13.2. The molecule has 0 atom stereocenters. The van der Waals surface area contributed by atoms with Crippen LogP contribution in [0.15, 0.2) is 30.5 Å². The Hall–Kier alpha value is -2.17. The van der Waals surface area contributed by atoms with E-state index in [0.29, 0.717) is 17.9 Å². The maximum Gasteiger partial charge on any atom is 0.249 e. The lowest BCUT2D eigenvalue weighted by atomic mass is 10.0. The molecule has 1 saturated carbocycles. The summed E-state index contributed by atoms with van der Waals surface area (Å²) in [6.07, 6.45) is 6.70. The van der Waals surface area contributed by atoms with Crippen molar-refractivity contribution < 1.29 is 0 Å². The molecule has 3 rings (SSSR count). The lowest BCUT2D eigenvalue weighted by molar-refractivity contribution is 0.747. The first kappa shape index (κ1) is 14.8. The minimum absolute atomic E-state index is 0.441. The molecule has 2 aromatic rings. The van der Waals surface area contributed by atoms with E-state index in [1.807, 2.05) is 6.07 Å². The lowest BCUT2D eigenvalue weighted by Crippen LogP contribution is -2.16. The topological polar surface area (TPSA) is 62.7 Å². The van der Waals surface area contributed by atoms with E-state index in [4.69, 9.17) is 0 Å². The van der Waals surface area contributed by atoms with Crippen LogP contribution in [0.4, 0.5) is 17.5 Å². The summed E-state index contributed by atoms with van der Waals surface area (Å²) in [4.78, 5) is 4.54. The summed E-state index contributed by atoms with van der Waals surface area (Å²) in [5.74, 6) is 1.78.